The van der Waals surface area contributed by atoms with Crippen LogP contribution in [0.1, 0.15) is 20.9 Å². The number of aryl methyl sites for hydroxylation is 1. The molecule has 0 radical (unpaired) electrons. The lowest BCUT2D eigenvalue weighted by Crippen LogP contribution is -2.22. The third-order valence-corrected chi connectivity index (χ3v) is 4.76. The van der Waals surface area contributed by atoms with Gasteiger partial charge in [0.1, 0.15) is 0 Å². The van der Waals surface area contributed by atoms with Crippen LogP contribution >= 0.6 is 22.9 Å². The Balaban J connectivity index is 1.71. The van der Waals surface area contributed by atoms with Crippen LogP contribution in [0, 0.1) is 6.92 Å². The van der Waals surface area contributed by atoms with E-state index in [1.54, 1.807) is 41.8 Å². The highest BCUT2D eigenvalue weighted by atomic mass is 35.5. The van der Waals surface area contributed by atoms with Crippen molar-refractivity contribution in [2.45, 2.75) is 13.5 Å². The minimum atomic E-state index is -0.163. The summed E-state index contributed by atoms with van der Waals surface area (Å²) >= 11 is 7.43. The zero-order chi connectivity index (χ0) is 17.1. The monoisotopic (exact) mass is 357 g/mol. The first-order valence-electron chi connectivity index (χ1n) is 7.38. The smallest absolute Gasteiger partial charge is 0.251 e. The van der Waals surface area contributed by atoms with E-state index in [4.69, 9.17) is 17.3 Å². The lowest BCUT2D eigenvalue weighted by atomic mass is 10.1. The molecule has 1 aromatic heterocycles. The number of halogens is 1. The zero-order valence-corrected chi connectivity index (χ0v) is 14.6. The number of hydrogen-bond donors (Lipinski definition) is 2. The van der Waals surface area contributed by atoms with E-state index in [-0.39, 0.29) is 5.91 Å². The molecule has 0 saturated carbocycles. The number of rotatable bonds is 4. The fourth-order valence-corrected chi connectivity index (χ4v) is 3.25. The molecule has 24 heavy (non-hydrogen) atoms. The van der Waals surface area contributed by atoms with E-state index in [0.29, 0.717) is 22.8 Å². The van der Waals surface area contributed by atoms with Gasteiger partial charge in [0.15, 0.2) is 0 Å². The first kappa shape index (κ1) is 16.5. The summed E-state index contributed by atoms with van der Waals surface area (Å²) in [7, 11) is 0. The Kier molecular flexibility index (Phi) is 4.83. The van der Waals surface area contributed by atoms with E-state index in [1.807, 2.05) is 25.1 Å². The second kappa shape index (κ2) is 7.03. The molecule has 0 saturated heterocycles. The molecule has 0 aliphatic rings. The Bertz CT molecular complexity index is 874. The molecular formula is C18H16ClN3OS. The predicted molar refractivity (Wildman–Crippen MR) is 99.3 cm³/mol. The summed E-state index contributed by atoms with van der Waals surface area (Å²) in [5.41, 5.74) is 9.09. The summed E-state index contributed by atoms with van der Waals surface area (Å²) in [5, 5.41) is 4.53. The van der Waals surface area contributed by atoms with Crippen molar-refractivity contribution in [1.29, 1.82) is 0 Å². The highest BCUT2D eigenvalue weighted by Gasteiger charge is 2.11. The molecule has 3 aromatic rings. The quantitative estimate of drug-likeness (QED) is 0.684. The third-order valence-electron chi connectivity index (χ3n) is 3.57. The van der Waals surface area contributed by atoms with E-state index in [0.717, 1.165) is 21.0 Å². The number of hydrogen-bond acceptors (Lipinski definition) is 4. The van der Waals surface area contributed by atoms with Crippen LogP contribution in [0.25, 0.3) is 10.4 Å². The van der Waals surface area contributed by atoms with E-state index in [9.17, 15) is 4.79 Å². The second-order valence-electron chi connectivity index (χ2n) is 5.35. The predicted octanol–water partition coefficient (Wildman–Crippen LogP) is 4.28. The van der Waals surface area contributed by atoms with Crippen LogP contribution in [-0.4, -0.2) is 10.9 Å². The van der Waals surface area contributed by atoms with Gasteiger partial charge in [-0.3, -0.25) is 4.79 Å². The molecular weight excluding hydrogens is 342 g/mol. The zero-order valence-electron chi connectivity index (χ0n) is 13.0. The molecule has 6 heteroatoms. The van der Waals surface area contributed by atoms with Crippen LogP contribution in [0.15, 0.2) is 48.7 Å². The van der Waals surface area contributed by atoms with Crippen molar-refractivity contribution < 1.29 is 4.79 Å². The maximum Gasteiger partial charge on any atom is 0.251 e. The molecule has 0 aliphatic carbocycles. The minimum Gasteiger partial charge on any atom is -0.398 e. The van der Waals surface area contributed by atoms with Gasteiger partial charge >= 0.3 is 0 Å². The van der Waals surface area contributed by atoms with Gasteiger partial charge in [-0.15, -0.1) is 11.3 Å². The van der Waals surface area contributed by atoms with Crippen LogP contribution in [0.2, 0.25) is 5.02 Å². The van der Waals surface area contributed by atoms with Gasteiger partial charge in [0.2, 0.25) is 0 Å². The molecule has 2 aromatic carbocycles. The number of aromatic nitrogens is 1. The van der Waals surface area contributed by atoms with Gasteiger partial charge in [0.25, 0.3) is 5.91 Å². The van der Waals surface area contributed by atoms with Gasteiger partial charge < -0.3 is 11.1 Å². The molecule has 0 bridgehead atoms. The maximum atomic E-state index is 12.3. The summed E-state index contributed by atoms with van der Waals surface area (Å²) in [6.45, 7) is 2.38. The molecule has 3 rings (SSSR count). The van der Waals surface area contributed by atoms with E-state index in [2.05, 4.69) is 10.3 Å². The number of carbonyl (C=O) groups is 1. The summed E-state index contributed by atoms with van der Waals surface area (Å²) in [6, 6.07) is 12.7. The average molecular weight is 358 g/mol. The Labute approximate surface area is 149 Å². The summed E-state index contributed by atoms with van der Waals surface area (Å²) in [4.78, 5) is 17.5. The molecule has 0 spiro atoms. The molecule has 122 valence electrons. The molecule has 1 heterocycles. The van der Waals surface area contributed by atoms with Crippen LogP contribution in [0.3, 0.4) is 0 Å². The van der Waals surface area contributed by atoms with Crippen LogP contribution < -0.4 is 11.1 Å². The van der Waals surface area contributed by atoms with Crippen LogP contribution in [0.4, 0.5) is 5.69 Å². The first-order chi connectivity index (χ1) is 11.5. The Morgan fingerprint density at radius 2 is 2.00 bits per heavy atom. The number of anilines is 1. The standard InChI is InChI=1S/C18H16ClN3OS/c1-11-21-10-17(24-11)15-7-4-13(8-16(15)20)18(23)22-9-12-2-5-14(19)6-3-12/h2-8,10H,9,20H2,1H3,(H,22,23). The van der Waals surface area contributed by atoms with Crippen molar-refractivity contribution in [3.63, 3.8) is 0 Å². The minimum absolute atomic E-state index is 0.163. The van der Waals surface area contributed by atoms with Crippen LogP contribution in [0.5, 0.6) is 0 Å². The normalized spacial score (nSPS) is 10.6. The molecule has 1 amide bonds. The van der Waals surface area contributed by atoms with Crippen molar-refractivity contribution in [2.75, 3.05) is 5.73 Å². The topological polar surface area (TPSA) is 68.0 Å². The van der Waals surface area contributed by atoms with E-state index in [1.165, 1.54) is 0 Å². The van der Waals surface area contributed by atoms with Crippen molar-refractivity contribution in [2.24, 2.45) is 0 Å². The Morgan fingerprint density at radius 3 is 2.62 bits per heavy atom. The molecule has 0 aliphatic heterocycles. The second-order valence-corrected chi connectivity index (χ2v) is 7.03. The number of benzene rings is 2. The molecule has 3 N–H and O–H groups in total. The molecule has 0 atom stereocenters. The summed E-state index contributed by atoms with van der Waals surface area (Å²) < 4.78 is 0. The van der Waals surface area contributed by atoms with Crippen molar-refractivity contribution in [3.05, 3.63) is 69.8 Å². The fourth-order valence-electron chi connectivity index (χ4n) is 2.30. The Morgan fingerprint density at radius 1 is 1.25 bits per heavy atom. The van der Waals surface area contributed by atoms with Gasteiger partial charge in [-0.1, -0.05) is 29.8 Å². The summed E-state index contributed by atoms with van der Waals surface area (Å²) in [6.07, 6.45) is 1.80. The fraction of sp³-hybridized carbons (Fsp3) is 0.111. The SMILES string of the molecule is Cc1ncc(-c2ccc(C(=O)NCc3ccc(Cl)cc3)cc2N)s1. The molecule has 0 fully saturated rings. The van der Waals surface area contributed by atoms with Crippen molar-refractivity contribution in [1.82, 2.24) is 10.3 Å². The van der Waals surface area contributed by atoms with Gasteiger partial charge in [0.05, 0.1) is 9.88 Å². The van der Waals surface area contributed by atoms with E-state index < -0.39 is 0 Å². The number of nitrogen functional groups attached to an aromatic ring is 1. The maximum absolute atomic E-state index is 12.3. The van der Waals surface area contributed by atoms with Gasteiger partial charge in [0, 0.05) is 34.6 Å². The number of nitrogens with two attached hydrogens (primary N) is 1. The summed E-state index contributed by atoms with van der Waals surface area (Å²) in [5.74, 6) is -0.163. The van der Waals surface area contributed by atoms with Crippen LogP contribution in [-0.2, 0) is 6.54 Å². The van der Waals surface area contributed by atoms with E-state index >= 15 is 0 Å². The lowest BCUT2D eigenvalue weighted by molar-refractivity contribution is 0.0951. The number of thiazole rings is 1. The largest absolute Gasteiger partial charge is 0.398 e. The van der Waals surface area contributed by atoms with Gasteiger partial charge in [-0.2, -0.15) is 0 Å². The number of amides is 1. The molecule has 0 unspecified atom stereocenters. The highest BCUT2D eigenvalue weighted by molar-refractivity contribution is 7.15. The molecule has 4 nitrogen and oxygen atoms in total. The third kappa shape index (κ3) is 3.75. The van der Waals surface area contributed by atoms with Gasteiger partial charge in [-0.05, 0) is 36.8 Å². The average Bonchev–Trinajstić information content (AvgIpc) is 3.00. The van der Waals surface area contributed by atoms with Crippen molar-refractivity contribution in [3.8, 4) is 10.4 Å². The van der Waals surface area contributed by atoms with Gasteiger partial charge in [-0.25, -0.2) is 4.98 Å². The van der Waals surface area contributed by atoms with Crippen molar-refractivity contribution >= 4 is 34.5 Å². The number of carbonyl (C=O) groups excluding carboxylic acids is 1. The Hall–Kier alpha value is -2.37. The number of nitrogens with one attached hydrogen (secondary N) is 1. The highest BCUT2D eigenvalue weighted by Crippen LogP contribution is 2.31. The number of nitrogens with zero attached hydrogens (tertiary/aromatic N) is 1. The first-order valence-corrected chi connectivity index (χ1v) is 8.57. The lowest BCUT2D eigenvalue weighted by Gasteiger charge is -2.08.